The summed E-state index contributed by atoms with van der Waals surface area (Å²) in [7, 11) is -4.24. The van der Waals surface area contributed by atoms with Gasteiger partial charge in [-0.3, -0.25) is 4.89 Å². The van der Waals surface area contributed by atoms with Gasteiger partial charge >= 0.3 is 7.82 Å². The van der Waals surface area contributed by atoms with E-state index < -0.39 is 7.82 Å². The fourth-order valence-corrected chi connectivity index (χ4v) is 3.66. The first-order valence-electron chi connectivity index (χ1n) is 8.91. The van der Waals surface area contributed by atoms with Crippen molar-refractivity contribution in [3.63, 3.8) is 0 Å². The predicted octanol–water partition coefficient (Wildman–Crippen LogP) is 5.58. The number of phosphoric ester groups is 1. The van der Waals surface area contributed by atoms with Gasteiger partial charge in [0.1, 0.15) is 23.0 Å². The smallest absolute Gasteiger partial charge is 0.508 e. The molecule has 0 bridgehead atoms. The van der Waals surface area contributed by atoms with Crippen LogP contribution in [0.2, 0.25) is 0 Å². The quantitative estimate of drug-likeness (QED) is 0.380. The Morgan fingerprint density at radius 3 is 1.17 bits per heavy atom. The maximum Gasteiger partial charge on any atom is 0.584 e. The zero-order valence-electron chi connectivity index (χ0n) is 16.8. The minimum Gasteiger partial charge on any atom is -0.508 e. The lowest BCUT2D eigenvalue weighted by Crippen LogP contribution is -2.04. The minimum absolute atomic E-state index is 0.169. The SMILES string of the molecule is Cc1cccc(C)c1OP(=O)(O)Oc1c(C)cccc1C.Oc1ccc(O)cc1. The number of phenols is 2. The van der Waals surface area contributed by atoms with Gasteiger partial charge < -0.3 is 19.3 Å². The van der Waals surface area contributed by atoms with Crippen molar-refractivity contribution < 1.29 is 28.7 Å². The van der Waals surface area contributed by atoms with Crippen LogP contribution in [0.15, 0.2) is 60.7 Å². The van der Waals surface area contributed by atoms with Crippen LogP contribution in [0.5, 0.6) is 23.0 Å². The molecule has 0 aliphatic carbocycles. The van der Waals surface area contributed by atoms with Gasteiger partial charge in [-0.05, 0) is 74.2 Å². The average Bonchev–Trinajstić information content (AvgIpc) is 2.65. The van der Waals surface area contributed by atoms with Crippen molar-refractivity contribution in [2.24, 2.45) is 0 Å². The van der Waals surface area contributed by atoms with Crippen molar-refractivity contribution in [1.82, 2.24) is 0 Å². The number of hydrogen-bond acceptors (Lipinski definition) is 5. The number of benzene rings is 3. The Kier molecular flexibility index (Phi) is 7.32. The second-order valence-corrected chi connectivity index (χ2v) is 7.91. The van der Waals surface area contributed by atoms with Crippen LogP contribution in [-0.4, -0.2) is 15.1 Å². The van der Waals surface area contributed by atoms with E-state index in [4.69, 9.17) is 19.3 Å². The van der Waals surface area contributed by atoms with Crippen LogP contribution in [-0.2, 0) is 4.57 Å². The number of para-hydroxylation sites is 2. The standard InChI is InChI=1S/C16H19O4P.C6H6O2/c1-11-7-5-8-12(2)15(11)19-21(17,18)20-16-13(3)9-6-10-14(16)4;7-5-1-2-6(8)4-3-5/h5-10H,1-4H3,(H,17,18);1-4,7-8H. The fraction of sp³-hybridized carbons (Fsp3) is 0.182. The molecule has 3 rings (SSSR count). The topological polar surface area (TPSA) is 96.2 Å². The molecule has 6 nitrogen and oxygen atoms in total. The number of aryl methyl sites for hydroxylation is 4. The largest absolute Gasteiger partial charge is 0.584 e. The van der Waals surface area contributed by atoms with E-state index in [2.05, 4.69) is 0 Å². The number of phenolic OH excluding ortho intramolecular Hbond substituents is 2. The van der Waals surface area contributed by atoms with Crippen LogP contribution in [0, 0.1) is 27.7 Å². The second-order valence-electron chi connectivity index (χ2n) is 6.61. The molecule has 0 heterocycles. The van der Waals surface area contributed by atoms with E-state index in [1.165, 1.54) is 24.3 Å². The van der Waals surface area contributed by atoms with Gasteiger partial charge in [-0.15, -0.1) is 0 Å². The van der Waals surface area contributed by atoms with Gasteiger partial charge in [0.2, 0.25) is 0 Å². The first-order chi connectivity index (χ1) is 13.6. The van der Waals surface area contributed by atoms with Gasteiger partial charge in [-0.1, -0.05) is 36.4 Å². The predicted molar refractivity (Wildman–Crippen MR) is 113 cm³/mol. The lowest BCUT2D eigenvalue weighted by Gasteiger charge is -2.18. The fourth-order valence-electron chi connectivity index (χ4n) is 2.59. The maximum absolute atomic E-state index is 12.3. The van der Waals surface area contributed by atoms with Gasteiger partial charge in [0.05, 0.1) is 0 Å². The van der Waals surface area contributed by atoms with E-state index in [9.17, 15) is 9.46 Å². The molecular weight excluding hydrogens is 391 g/mol. The molecule has 3 N–H and O–H groups in total. The van der Waals surface area contributed by atoms with Gasteiger partial charge in [0.25, 0.3) is 0 Å². The van der Waals surface area contributed by atoms with Crippen molar-refractivity contribution in [1.29, 1.82) is 0 Å². The molecular formula is C22H25O6P. The number of hydrogen-bond donors (Lipinski definition) is 3. The van der Waals surface area contributed by atoms with Crippen molar-refractivity contribution in [3.8, 4) is 23.0 Å². The summed E-state index contributed by atoms with van der Waals surface area (Å²) < 4.78 is 22.8. The average molecular weight is 416 g/mol. The summed E-state index contributed by atoms with van der Waals surface area (Å²) in [5.74, 6) is 1.11. The molecule has 0 amide bonds. The van der Waals surface area contributed by atoms with Crippen LogP contribution >= 0.6 is 7.82 Å². The Morgan fingerprint density at radius 1 is 0.621 bits per heavy atom. The van der Waals surface area contributed by atoms with Gasteiger partial charge in [-0.2, -0.15) is 0 Å². The number of phosphoric acid groups is 1. The Hall–Kier alpha value is -2.95. The molecule has 0 unspecified atom stereocenters. The second kappa shape index (κ2) is 9.50. The number of rotatable bonds is 4. The highest BCUT2D eigenvalue weighted by Crippen LogP contribution is 2.47. The highest BCUT2D eigenvalue weighted by molar-refractivity contribution is 7.48. The summed E-state index contributed by atoms with van der Waals surface area (Å²) in [4.78, 5) is 10.0. The molecule has 0 aromatic heterocycles. The molecule has 0 atom stereocenters. The number of aromatic hydroxyl groups is 2. The lowest BCUT2D eigenvalue weighted by molar-refractivity contribution is 0.288. The van der Waals surface area contributed by atoms with E-state index >= 15 is 0 Å². The molecule has 0 saturated carbocycles. The molecule has 0 aliphatic heterocycles. The molecule has 0 fully saturated rings. The molecule has 0 spiro atoms. The van der Waals surface area contributed by atoms with Crippen LogP contribution < -0.4 is 9.05 Å². The Balaban J connectivity index is 0.000000313. The van der Waals surface area contributed by atoms with E-state index in [-0.39, 0.29) is 11.5 Å². The van der Waals surface area contributed by atoms with Crippen molar-refractivity contribution in [3.05, 3.63) is 82.9 Å². The molecule has 7 heteroatoms. The van der Waals surface area contributed by atoms with Crippen LogP contribution in [0.4, 0.5) is 0 Å². The Bertz CT molecular complexity index is 895. The molecule has 0 saturated heterocycles. The summed E-state index contributed by atoms with van der Waals surface area (Å²) in [6.45, 7) is 7.28. The molecule has 29 heavy (non-hydrogen) atoms. The lowest BCUT2D eigenvalue weighted by atomic mass is 10.1. The maximum atomic E-state index is 12.3. The van der Waals surface area contributed by atoms with Gasteiger partial charge in [-0.25, -0.2) is 4.57 Å². The summed E-state index contributed by atoms with van der Waals surface area (Å²) in [5, 5.41) is 17.3. The third-order valence-corrected chi connectivity index (χ3v) is 4.91. The van der Waals surface area contributed by atoms with Crippen LogP contribution in [0.1, 0.15) is 22.3 Å². The van der Waals surface area contributed by atoms with Crippen LogP contribution in [0.25, 0.3) is 0 Å². The van der Waals surface area contributed by atoms with E-state index in [0.29, 0.717) is 11.5 Å². The van der Waals surface area contributed by atoms with Crippen LogP contribution in [0.3, 0.4) is 0 Å². The molecule has 0 radical (unpaired) electrons. The third kappa shape index (κ3) is 6.56. The Labute approximate surface area is 170 Å². The highest BCUT2D eigenvalue weighted by Gasteiger charge is 2.28. The van der Waals surface area contributed by atoms with E-state index in [0.717, 1.165) is 22.3 Å². The summed E-state index contributed by atoms with van der Waals surface area (Å²) in [5.41, 5.74) is 3.15. The van der Waals surface area contributed by atoms with E-state index in [1.807, 2.05) is 64.1 Å². The normalized spacial score (nSPS) is 10.7. The zero-order chi connectivity index (χ0) is 21.6. The summed E-state index contributed by atoms with van der Waals surface area (Å²) in [6, 6.07) is 16.7. The molecule has 3 aromatic carbocycles. The zero-order valence-corrected chi connectivity index (χ0v) is 17.7. The van der Waals surface area contributed by atoms with Crippen molar-refractivity contribution in [2.75, 3.05) is 0 Å². The molecule has 3 aromatic rings. The Morgan fingerprint density at radius 2 is 0.897 bits per heavy atom. The highest BCUT2D eigenvalue weighted by atomic mass is 31.2. The van der Waals surface area contributed by atoms with Gasteiger partial charge in [0, 0.05) is 0 Å². The minimum atomic E-state index is -4.24. The monoisotopic (exact) mass is 416 g/mol. The molecule has 154 valence electrons. The van der Waals surface area contributed by atoms with Crippen molar-refractivity contribution >= 4 is 7.82 Å². The van der Waals surface area contributed by atoms with E-state index in [1.54, 1.807) is 0 Å². The van der Waals surface area contributed by atoms with Crippen molar-refractivity contribution in [2.45, 2.75) is 27.7 Å². The summed E-state index contributed by atoms with van der Waals surface area (Å²) in [6.07, 6.45) is 0. The van der Waals surface area contributed by atoms with Gasteiger partial charge in [0.15, 0.2) is 0 Å². The summed E-state index contributed by atoms with van der Waals surface area (Å²) >= 11 is 0. The first kappa shape index (κ1) is 22.3. The third-order valence-electron chi connectivity index (χ3n) is 4.08. The first-order valence-corrected chi connectivity index (χ1v) is 10.4. The molecule has 0 aliphatic rings.